The first-order valence-electron chi connectivity index (χ1n) is 11.1. The predicted molar refractivity (Wildman–Crippen MR) is 126 cm³/mol. The quantitative estimate of drug-likeness (QED) is 0.616. The SMILES string of the molecule is C[C@@H]1CCCN(CC(=O)N2N=C3/C(=C/c4cccs4)CCC[C@@H]3[C@@H]2c2cccs2)C1. The van der Waals surface area contributed by atoms with Gasteiger partial charge in [0.25, 0.3) is 5.91 Å². The summed E-state index contributed by atoms with van der Waals surface area (Å²) in [4.78, 5) is 18.3. The molecule has 0 unspecified atom stereocenters. The molecule has 3 aliphatic rings. The van der Waals surface area contributed by atoms with Crippen LogP contribution < -0.4 is 0 Å². The molecule has 6 heteroatoms. The Morgan fingerprint density at radius 2 is 2.07 bits per heavy atom. The van der Waals surface area contributed by atoms with Crippen LogP contribution in [0.2, 0.25) is 0 Å². The van der Waals surface area contributed by atoms with Crippen LogP contribution in [0.4, 0.5) is 0 Å². The zero-order valence-corrected chi connectivity index (χ0v) is 19.1. The van der Waals surface area contributed by atoms with Gasteiger partial charge in [-0.25, -0.2) is 5.01 Å². The number of rotatable bonds is 4. The van der Waals surface area contributed by atoms with Crippen LogP contribution in [0.3, 0.4) is 0 Å². The summed E-state index contributed by atoms with van der Waals surface area (Å²) < 4.78 is 0. The van der Waals surface area contributed by atoms with Crippen LogP contribution in [-0.4, -0.2) is 41.2 Å². The fraction of sp³-hybridized carbons (Fsp3) is 0.500. The highest BCUT2D eigenvalue weighted by Crippen LogP contribution is 2.45. The summed E-state index contributed by atoms with van der Waals surface area (Å²) in [6.07, 6.45) is 8.07. The van der Waals surface area contributed by atoms with Crippen LogP contribution in [0.25, 0.3) is 6.08 Å². The highest BCUT2D eigenvalue weighted by atomic mass is 32.1. The van der Waals surface area contributed by atoms with Gasteiger partial charge in [0.2, 0.25) is 0 Å². The van der Waals surface area contributed by atoms with E-state index in [0.29, 0.717) is 18.4 Å². The van der Waals surface area contributed by atoms with Gasteiger partial charge in [-0.3, -0.25) is 9.69 Å². The first kappa shape index (κ1) is 20.2. The van der Waals surface area contributed by atoms with Crippen LogP contribution in [0.1, 0.15) is 54.8 Å². The minimum absolute atomic E-state index is 0.0572. The Morgan fingerprint density at radius 3 is 2.83 bits per heavy atom. The fourth-order valence-corrected chi connectivity index (χ4v) is 6.74. The second-order valence-electron chi connectivity index (χ2n) is 8.85. The number of thiophene rings is 2. The standard InChI is InChI=1S/C24H29N3OS2/c1-17-6-3-11-26(15-17)16-22(28)27-24(21-10-5-13-30-21)20-9-2-7-18(23(20)25-27)14-19-8-4-12-29-19/h4-5,8,10,12-14,17,20,24H,2-3,6-7,9,11,15-16H2,1H3/b18-14+/t17-,20+,24-/m1/s1. The molecule has 3 atom stereocenters. The van der Waals surface area contributed by atoms with Crippen molar-refractivity contribution in [2.75, 3.05) is 19.6 Å². The van der Waals surface area contributed by atoms with Crippen molar-refractivity contribution in [1.29, 1.82) is 0 Å². The Balaban J connectivity index is 1.44. The first-order chi connectivity index (χ1) is 14.7. The summed E-state index contributed by atoms with van der Waals surface area (Å²) in [5, 5.41) is 11.1. The number of amides is 1. The Bertz CT molecular complexity index is 932. The van der Waals surface area contributed by atoms with Crippen LogP contribution >= 0.6 is 22.7 Å². The van der Waals surface area contributed by atoms with Gasteiger partial charge in [0.1, 0.15) is 0 Å². The van der Waals surface area contributed by atoms with Crippen molar-refractivity contribution in [2.45, 2.75) is 45.1 Å². The van der Waals surface area contributed by atoms with Gasteiger partial charge in [-0.15, -0.1) is 22.7 Å². The molecular formula is C24H29N3OS2. The Morgan fingerprint density at radius 1 is 1.20 bits per heavy atom. The normalized spacial score (nSPS) is 28.6. The number of carbonyl (C=O) groups excluding carboxylic acids is 1. The molecule has 0 spiro atoms. The molecule has 0 N–H and O–H groups in total. The second-order valence-corrected chi connectivity index (χ2v) is 10.8. The van der Waals surface area contributed by atoms with Crippen molar-refractivity contribution in [3.05, 3.63) is 50.4 Å². The Hall–Kier alpha value is -1.76. The molecule has 1 amide bonds. The van der Waals surface area contributed by atoms with Gasteiger partial charge in [0.05, 0.1) is 18.3 Å². The number of hydrogen-bond acceptors (Lipinski definition) is 5. The van der Waals surface area contributed by atoms with Crippen LogP contribution in [0.15, 0.2) is 45.7 Å². The van der Waals surface area contributed by atoms with Crippen molar-refractivity contribution in [1.82, 2.24) is 9.91 Å². The van der Waals surface area contributed by atoms with Crippen molar-refractivity contribution in [3.63, 3.8) is 0 Å². The fourth-order valence-electron chi connectivity index (χ4n) is 5.18. The van der Waals surface area contributed by atoms with Gasteiger partial charge in [-0.05, 0) is 79.1 Å². The van der Waals surface area contributed by atoms with Crippen molar-refractivity contribution >= 4 is 40.4 Å². The molecular weight excluding hydrogens is 410 g/mol. The molecule has 30 heavy (non-hydrogen) atoms. The second kappa shape index (κ2) is 8.77. The maximum Gasteiger partial charge on any atom is 0.257 e. The van der Waals surface area contributed by atoms with E-state index in [1.165, 1.54) is 28.2 Å². The van der Waals surface area contributed by atoms with E-state index in [-0.39, 0.29) is 11.9 Å². The Kier molecular flexibility index (Phi) is 5.89. The van der Waals surface area contributed by atoms with Crippen LogP contribution in [0, 0.1) is 11.8 Å². The molecule has 2 aliphatic heterocycles. The molecule has 1 aliphatic carbocycles. The number of likely N-dealkylation sites (tertiary alicyclic amines) is 1. The predicted octanol–water partition coefficient (Wildman–Crippen LogP) is 5.66. The van der Waals surface area contributed by atoms with E-state index in [2.05, 4.69) is 52.9 Å². The maximum absolute atomic E-state index is 13.5. The summed E-state index contributed by atoms with van der Waals surface area (Å²) in [5.41, 5.74) is 2.46. The van der Waals surface area contributed by atoms with Gasteiger partial charge < -0.3 is 0 Å². The van der Waals surface area contributed by atoms with Gasteiger partial charge in [0, 0.05) is 22.2 Å². The molecule has 5 rings (SSSR count). The third-order valence-electron chi connectivity index (χ3n) is 6.55. The number of hydrazone groups is 1. The summed E-state index contributed by atoms with van der Waals surface area (Å²) in [6, 6.07) is 8.58. The molecule has 0 aromatic carbocycles. The summed E-state index contributed by atoms with van der Waals surface area (Å²) in [5.74, 6) is 1.14. The molecule has 0 bridgehead atoms. The number of fused-ring (bicyclic) bond motifs is 1. The monoisotopic (exact) mass is 439 g/mol. The lowest BCUT2D eigenvalue weighted by Gasteiger charge is -2.33. The van der Waals surface area contributed by atoms with Crippen molar-refractivity contribution in [2.24, 2.45) is 16.9 Å². The number of piperidine rings is 1. The number of nitrogens with zero attached hydrogens (tertiary/aromatic N) is 3. The van der Waals surface area contributed by atoms with E-state index in [1.54, 1.807) is 22.7 Å². The highest BCUT2D eigenvalue weighted by Gasteiger charge is 2.44. The molecule has 0 radical (unpaired) electrons. The van der Waals surface area contributed by atoms with E-state index in [9.17, 15) is 4.79 Å². The lowest BCUT2D eigenvalue weighted by molar-refractivity contribution is -0.135. The molecule has 2 fully saturated rings. The first-order valence-corrected chi connectivity index (χ1v) is 12.9. The van der Waals surface area contributed by atoms with Gasteiger partial charge in [-0.2, -0.15) is 5.10 Å². The molecule has 1 saturated heterocycles. The average molecular weight is 440 g/mol. The molecule has 1 saturated carbocycles. The van der Waals surface area contributed by atoms with E-state index >= 15 is 0 Å². The molecule has 4 heterocycles. The third-order valence-corrected chi connectivity index (χ3v) is 8.31. The van der Waals surface area contributed by atoms with Gasteiger partial charge in [-0.1, -0.05) is 19.1 Å². The summed E-state index contributed by atoms with van der Waals surface area (Å²) in [6.45, 7) is 4.82. The zero-order valence-electron chi connectivity index (χ0n) is 17.5. The molecule has 158 valence electrons. The van der Waals surface area contributed by atoms with E-state index in [0.717, 1.165) is 38.1 Å². The molecule has 4 nitrogen and oxygen atoms in total. The Labute approximate surface area is 186 Å². The maximum atomic E-state index is 13.5. The van der Waals surface area contributed by atoms with Gasteiger partial charge >= 0.3 is 0 Å². The number of carbonyl (C=O) groups is 1. The lowest BCUT2D eigenvalue weighted by Crippen LogP contribution is -2.43. The number of allylic oxidation sites excluding steroid dienone is 1. The minimum Gasteiger partial charge on any atom is -0.294 e. The summed E-state index contributed by atoms with van der Waals surface area (Å²) in [7, 11) is 0. The van der Waals surface area contributed by atoms with Crippen LogP contribution in [-0.2, 0) is 4.79 Å². The summed E-state index contributed by atoms with van der Waals surface area (Å²) >= 11 is 3.52. The molecule has 2 aromatic heterocycles. The van der Waals surface area contributed by atoms with E-state index < -0.39 is 0 Å². The largest absolute Gasteiger partial charge is 0.294 e. The van der Waals surface area contributed by atoms with Crippen molar-refractivity contribution in [3.8, 4) is 0 Å². The van der Waals surface area contributed by atoms with E-state index in [4.69, 9.17) is 5.10 Å². The van der Waals surface area contributed by atoms with E-state index in [1.807, 2.05) is 5.01 Å². The van der Waals surface area contributed by atoms with Crippen LogP contribution in [0.5, 0.6) is 0 Å². The smallest absolute Gasteiger partial charge is 0.257 e. The van der Waals surface area contributed by atoms with Gasteiger partial charge in [0.15, 0.2) is 0 Å². The third kappa shape index (κ3) is 4.05. The topological polar surface area (TPSA) is 35.9 Å². The zero-order chi connectivity index (χ0) is 20.5. The van der Waals surface area contributed by atoms with Crippen molar-refractivity contribution < 1.29 is 4.79 Å². The minimum atomic E-state index is 0.0572. The lowest BCUT2D eigenvalue weighted by atomic mass is 9.79. The average Bonchev–Trinajstić information content (AvgIpc) is 3.48. The highest BCUT2D eigenvalue weighted by molar-refractivity contribution is 7.11. The number of hydrogen-bond donors (Lipinski definition) is 0. The molecule has 2 aromatic rings.